The Morgan fingerprint density at radius 2 is 1.68 bits per heavy atom. The molecular formula is C26H23F6N3O4S2. The minimum atomic E-state index is -4.90. The quantitative estimate of drug-likeness (QED) is 0.341. The molecule has 4 unspecified atom stereocenters. The maximum absolute atomic E-state index is 13.8. The van der Waals surface area contributed by atoms with E-state index in [0.717, 1.165) is 41.3 Å². The molecule has 3 aromatic rings. The van der Waals surface area contributed by atoms with Crippen molar-refractivity contribution in [3.63, 3.8) is 0 Å². The number of aliphatic hydroxyl groups excluding tert-OH is 1. The second-order valence-corrected chi connectivity index (χ2v) is 12.4. The smallest absolute Gasteiger partial charge is 0.406 e. The number of ether oxygens (including phenoxy) is 2. The standard InChI is InChI=1S/C26H23F6N3O4S2/c1-33-41(37,17-9-7-16(8-10-17)39-26(30,31)32)34-18-13-38-14-21(24(18)36)35-19-4-2-3-5-22(19)40-23-11-6-15(12-20(23)35)25(27,28)29/h2-12,18,21,24,36H,13-14H2,1H3,(H,33,34,37). The number of nitrogens with one attached hydrogen (secondary N) is 1. The van der Waals surface area contributed by atoms with Gasteiger partial charge in [-0.1, -0.05) is 23.9 Å². The van der Waals surface area contributed by atoms with Crippen LogP contribution in [0.25, 0.3) is 0 Å². The van der Waals surface area contributed by atoms with Crippen LogP contribution in [0.15, 0.2) is 85.8 Å². The van der Waals surface area contributed by atoms with Crippen LogP contribution in [0.3, 0.4) is 0 Å². The van der Waals surface area contributed by atoms with Crippen LogP contribution < -0.4 is 14.4 Å². The molecule has 0 aromatic heterocycles. The van der Waals surface area contributed by atoms with E-state index in [4.69, 9.17) is 4.74 Å². The molecule has 0 spiro atoms. The summed E-state index contributed by atoms with van der Waals surface area (Å²) in [6, 6.07) is 12.9. The van der Waals surface area contributed by atoms with Gasteiger partial charge in [0.15, 0.2) is 0 Å². The summed E-state index contributed by atoms with van der Waals surface area (Å²) in [6.45, 7) is -0.166. The molecule has 0 bridgehead atoms. The average Bonchev–Trinajstić information content (AvgIpc) is 2.92. The third-order valence-corrected chi connectivity index (χ3v) is 9.74. The number of anilines is 2. The number of aliphatic hydroxyl groups is 1. The Labute approximate surface area is 235 Å². The van der Waals surface area contributed by atoms with Gasteiger partial charge in [0.25, 0.3) is 0 Å². The van der Waals surface area contributed by atoms with E-state index < -0.39 is 52.0 Å². The average molecular weight is 620 g/mol. The zero-order valence-electron chi connectivity index (χ0n) is 21.1. The Kier molecular flexibility index (Phi) is 7.93. The van der Waals surface area contributed by atoms with E-state index in [2.05, 4.69) is 13.8 Å². The van der Waals surface area contributed by atoms with Gasteiger partial charge in [0.05, 0.1) is 53.2 Å². The molecule has 0 amide bonds. The molecule has 15 heteroatoms. The maximum Gasteiger partial charge on any atom is 0.573 e. The first-order chi connectivity index (χ1) is 19.3. The van der Waals surface area contributed by atoms with Crippen LogP contribution in [0.1, 0.15) is 5.56 Å². The summed E-state index contributed by atoms with van der Waals surface area (Å²) in [6.07, 6.45) is -10.8. The molecule has 2 N–H and O–H groups in total. The normalized spacial score (nSPS) is 22.3. The highest BCUT2D eigenvalue weighted by Crippen LogP contribution is 2.51. The van der Waals surface area contributed by atoms with Crippen molar-refractivity contribution in [3.8, 4) is 5.75 Å². The molecule has 220 valence electrons. The van der Waals surface area contributed by atoms with Gasteiger partial charge in [-0.3, -0.25) is 0 Å². The van der Waals surface area contributed by atoms with E-state index in [1.54, 1.807) is 23.1 Å². The molecule has 2 aliphatic heterocycles. The number of fused-ring (bicyclic) bond motifs is 2. The topological polar surface area (TPSA) is 83.4 Å². The Morgan fingerprint density at radius 3 is 2.34 bits per heavy atom. The van der Waals surface area contributed by atoms with E-state index in [1.165, 1.54) is 24.9 Å². The number of nitrogens with zero attached hydrogens (tertiary/aromatic N) is 2. The molecule has 1 saturated heterocycles. The van der Waals surface area contributed by atoms with Gasteiger partial charge in [0.2, 0.25) is 0 Å². The van der Waals surface area contributed by atoms with E-state index >= 15 is 0 Å². The molecule has 1 fully saturated rings. The lowest BCUT2D eigenvalue weighted by atomic mass is 9.98. The molecule has 0 radical (unpaired) electrons. The fourth-order valence-corrected chi connectivity index (χ4v) is 7.31. The summed E-state index contributed by atoms with van der Waals surface area (Å²) in [5.74, 6) is -0.515. The number of hydrogen-bond donors (Lipinski definition) is 2. The minimum absolute atomic E-state index is 0.0312. The first-order valence-corrected chi connectivity index (χ1v) is 14.4. The summed E-state index contributed by atoms with van der Waals surface area (Å²) in [5.41, 5.74) is -0.0512. The van der Waals surface area contributed by atoms with E-state index in [9.17, 15) is 35.7 Å². The largest absolute Gasteiger partial charge is 0.573 e. The summed E-state index contributed by atoms with van der Waals surface area (Å²) < 4.78 is 109. The van der Waals surface area contributed by atoms with Gasteiger partial charge >= 0.3 is 12.5 Å². The van der Waals surface area contributed by atoms with Crippen LogP contribution >= 0.6 is 11.8 Å². The van der Waals surface area contributed by atoms with Gasteiger partial charge in [-0.05, 0) is 54.6 Å². The van der Waals surface area contributed by atoms with Gasteiger partial charge in [-0.15, -0.1) is 13.2 Å². The van der Waals surface area contributed by atoms with Crippen LogP contribution in [0.5, 0.6) is 5.75 Å². The highest BCUT2D eigenvalue weighted by atomic mass is 32.2. The Bertz CT molecular complexity index is 1540. The third kappa shape index (κ3) is 6.14. The highest BCUT2D eigenvalue weighted by Gasteiger charge is 2.42. The summed E-state index contributed by atoms with van der Waals surface area (Å²) in [4.78, 5) is 2.94. The molecule has 3 aromatic carbocycles. The lowest BCUT2D eigenvalue weighted by molar-refractivity contribution is -0.274. The number of halogens is 6. The predicted octanol–water partition coefficient (Wildman–Crippen LogP) is 6.00. The molecule has 7 nitrogen and oxygen atoms in total. The minimum Gasteiger partial charge on any atom is -0.406 e. The van der Waals surface area contributed by atoms with Crippen LogP contribution in [0, 0.1) is 0 Å². The zero-order chi connectivity index (χ0) is 29.6. The lowest BCUT2D eigenvalue weighted by Crippen LogP contribution is -2.60. The van der Waals surface area contributed by atoms with E-state index in [1.807, 2.05) is 6.07 Å². The number of alkyl halides is 6. The number of hydrogen-bond acceptors (Lipinski definition) is 7. The first kappa shape index (κ1) is 29.5. The molecule has 2 heterocycles. The Balaban J connectivity index is 1.46. The van der Waals surface area contributed by atoms with Crippen LogP contribution in [-0.4, -0.2) is 54.1 Å². The van der Waals surface area contributed by atoms with Gasteiger partial charge in [0.1, 0.15) is 15.7 Å². The predicted molar refractivity (Wildman–Crippen MR) is 140 cm³/mol. The zero-order valence-corrected chi connectivity index (χ0v) is 22.8. The summed E-state index contributed by atoms with van der Waals surface area (Å²) >= 11 is 1.30. The molecular weight excluding hydrogens is 596 g/mol. The fraction of sp³-hybridized carbons (Fsp3) is 0.308. The number of para-hydroxylation sites is 1. The molecule has 0 aliphatic carbocycles. The third-order valence-electron chi connectivity index (χ3n) is 6.56. The van der Waals surface area contributed by atoms with E-state index in [-0.39, 0.29) is 23.8 Å². The monoisotopic (exact) mass is 619 g/mol. The van der Waals surface area contributed by atoms with Crippen molar-refractivity contribution in [2.75, 3.05) is 25.2 Å². The Morgan fingerprint density at radius 1 is 1.00 bits per heavy atom. The molecule has 4 atom stereocenters. The van der Waals surface area contributed by atoms with Gasteiger partial charge in [0, 0.05) is 16.8 Å². The lowest BCUT2D eigenvalue weighted by Gasteiger charge is -2.45. The second kappa shape index (κ2) is 11.0. The highest BCUT2D eigenvalue weighted by molar-refractivity contribution is 7.99. The summed E-state index contributed by atoms with van der Waals surface area (Å²) in [7, 11) is -2.23. The number of rotatable bonds is 5. The first-order valence-electron chi connectivity index (χ1n) is 12.1. The molecule has 41 heavy (non-hydrogen) atoms. The van der Waals surface area contributed by atoms with Crippen LogP contribution in [0.4, 0.5) is 37.7 Å². The second-order valence-electron chi connectivity index (χ2n) is 9.17. The van der Waals surface area contributed by atoms with Crippen molar-refractivity contribution in [2.45, 2.75) is 45.4 Å². The van der Waals surface area contributed by atoms with Crippen molar-refractivity contribution in [1.82, 2.24) is 4.72 Å². The van der Waals surface area contributed by atoms with Gasteiger partial charge in [-0.25, -0.2) is 13.3 Å². The van der Waals surface area contributed by atoms with Crippen LogP contribution in [-0.2, 0) is 20.8 Å². The van der Waals surface area contributed by atoms with E-state index in [0.29, 0.717) is 10.6 Å². The Hall–Kier alpha value is -2.98. The SMILES string of the molecule is CN=S(=O)(NC1COCC(N2c3ccccc3Sc3ccc(C(F)(F)F)cc32)C1O)c1ccc(OC(F)(F)F)cc1. The summed E-state index contributed by atoms with van der Waals surface area (Å²) in [5, 5.41) is 11.5. The number of benzene rings is 3. The van der Waals surface area contributed by atoms with Crippen molar-refractivity contribution in [3.05, 3.63) is 72.3 Å². The van der Waals surface area contributed by atoms with Gasteiger partial charge in [-0.2, -0.15) is 13.2 Å². The van der Waals surface area contributed by atoms with Crippen molar-refractivity contribution < 1.29 is 45.1 Å². The molecule has 2 aliphatic rings. The van der Waals surface area contributed by atoms with Crippen molar-refractivity contribution in [2.24, 2.45) is 4.36 Å². The van der Waals surface area contributed by atoms with Crippen molar-refractivity contribution >= 4 is 33.1 Å². The fourth-order valence-electron chi connectivity index (χ4n) is 4.69. The molecule has 0 saturated carbocycles. The maximum atomic E-state index is 13.8. The molecule has 5 rings (SSSR count). The van der Waals surface area contributed by atoms with Crippen LogP contribution in [0.2, 0.25) is 0 Å². The van der Waals surface area contributed by atoms with Gasteiger partial charge < -0.3 is 19.5 Å². The van der Waals surface area contributed by atoms with Crippen molar-refractivity contribution in [1.29, 1.82) is 0 Å².